The number of anilines is 6. The van der Waals surface area contributed by atoms with Crippen molar-refractivity contribution in [2.45, 2.75) is 156 Å². The summed E-state index contributed by atoms with van der Waals surface area (Å²) in [4.78, 5) is 5.32. The molecular weight excluding hydrogens is 904 g/mol. The molecule has 0 atom stereocenters. The number of hydrogen-bond acceptors (Lipinski definition) is 2. The second kappa shape index (κ2) is 17.8. The minimum absolute atomic E-state index is 0.0113. The average molecular weight is 983 g/mol. The van der Waals surface area contributed by atoms with Crippen LogP contribution in [0.15, 0.2) is 170 Å². The van der Waals surface area contributed by atoms with Crippen LogP contribution in [0.25, 0.3) is 0 Å². The van der Waals surface area contributed by atoms with Gasteiger partial charge in [0, 0.05) is 45.0 Å². The van der Waals surface area contributed by atoms with Gasteiger partial charge >= 0.3 is 0 Å². The standard InChI is InChI=1S/C72H79BN2/c1-47-39-64-66-65(40-47)75(61-35-31-54(68(5,6)7)43-49(61)41-48-23-22-28-53(42-48)67(2,3)4)63-46-58-57(69(8,9)37-38-70(58,10)11)45-60(63)73(66)59-44-55(72(14,15)51-26-20-17-21-27-51)32-36-62(59)74(64)56-33-29-52(30-34-56)71(12,13)50-24-18-16-19-25-50/h16-36,39-40,42-46H,37-38,41H2,1-15H3. The van der Waals surface area contributed by atoms with Crippen molar-refractivity contribution in [1.29, 1.82) is 0 Å². The van der Waals surface area contributed by atoms with E-state index in [1.165, 1.54) is 112 Å². The molecule has 2 nitrogen and oxygen atoms in total. The number of rotatable bonds is 8. The zero-order valence-electron chi connectivity index (χ0n) is 47.8. The first-order valence-corrected chi connectivity index (χ1v) is 27.9. The summed E-state index contributed by atoms with van der Waals surface area (Å²) in [5, 5.41) is 0. The molecule has 380 valence electrons. The maximum Gasteiger partial charge on any atom is 0.252 e. The molecule has 0 saturated heterocycles. The molecule has 75 heavy (non-hydrogen) atoms. The fourth-order valence-electron chi connectivity index (χ4n) is 13.0. The lowest BCUT2D eigenvalue weighted by molar-refractivity contribution is 0.332. The van der Waals surface area contributed by atoms with E-state index >= 15 is 0 Å². The maximum atomic E-state index is 2.72. The summed E-state index contributed by atoms with van der Waals surface area (Å²) in [7, 11) is 0. The third kappa shape index (κ3) is 8.67. The molecule has 0 amide bonds. The Bertz CT molecular complexity index is 3490. The largest absolute Gasteiger partial charge is 0.311 e. The van der Waals surface area contributed by atoms with Crippen LogP contribution in [0.2, 0.25) is 0 Å². The van der Waals surface area contributed by atoms with E-state index < -0.39 is 0 Å². The topological polar surface area (TPSA) is 6.48 Å². The lowest BCUT2D eigenvalue weighted by atomic mass is 9.33. The van der Waals surface area contributed by atoms with Crippen LogP contribution in [-0.4, -0.2) is 6.71 Å². The molecule has 0 bridgehead atoms. The van der Waals surface area contributed by atoms with Crippen LogP contribution < -0.4 is 26.2 Å². The number of nitrogens with zero attached hydrogens (tertiary/aromatic N) is 2. The van der Waals surface area contributed by atoms with E-state index in [9.17, 15) is 0 Å². The molecule has 11 rings (SSSR count). The SMILES string of the molecule is Cc1cc2c3c(c1)N(c1ccc(C(C)(C)C)cc1Cc1cccc(C(C)(C)C)c1)c1cc4c(cc1B3c1cc(C(C)(C)c3ccccc3)ccc1N2c1ccc(C(C)(C)c2ccccc2)cc1)C(C)(C)CCC4(C)C. The molecule has 2 aliphatic heterocycles. The monoisotopic (exact) mass is 983 g/mol. The average Bonchev–Trinajstić information content (AvgIpc) is 3.38. The van der Waals surface area contributed by atoms with Crippen molar-refractivity contribution in [2.75, 3.05) is 9.80 Å². The molecule has 3 aliphatic rings. The lowest BCUT2D eigenvalue weighted by Crippen LogP contribution is -2.62. The Morgan fingerprint density at radius 2 is 0.893 bits per heavy atom. The summed E-state index contributed by atoms with van der Waals surface area (Å²) < 4.78 is 0. The van der Waals surface area contributed by atoms with Crippen molar-refractivity contribution in [1.82, 2.24) is 0 Å². The van der Waals surface area contributed by atoms with Gasteiger partial charge < -0.3 is 9.80 Å². The van der Waals surface area contributed by atoms with Gasteiger partial charge in [-0.1, -0.05) is 224 Å². The third-order valence-electron chi connectivity index (χ3n) is 18.1. The number of benzene rings is 8. The van der Waals surface area contributed by atoms with Crippen molar-refractivity contribution in [3.05, 3.63) is 231 Å². The van der Waals surface area contributed by atoms with E-state index in [2.05, 4.69) is 284 Å². The Labute approximate surface area is 451 Å². The van der Waals surface area contributed by atoms with Crippen LogP contribution in [0, 0.1) is 6.92 Å². The number of hydrogen-bond donors (Lipinski definition) is 0. The highest BCUT2D eigenvalue weighted by molar-refractivity contribution is 7.00. The van der Waals surface area contributed by atoms with Gasteiger partial charge in [-0.05, 0) is 168 Å². The minimum Gasteiger partial charge on any atom is -0.311 e. The van der Waals surface area contributed by atoms with Crippen LogP contribution >= 0.6 is 0 Å². The normalized spacial score (nSPS) is 15.7. The van der Waals surface area contributed by atoms with Gasteiger partial charge in [0.25, 0.3) is 6.71 Å². The molecule has 0 aromatic heterocycles. The summed E-state index contributed by atoms with van der Waals surface area (Å²) in [5.41, 5.74) is 26.2. The van der Waals surface area contributed by atoms with Crippen LogP contribution in [0.4, 0.5) is 34.1 Å². The summed E-state index contributed by atoms with van der Waals surface area (Å²) in [6, 6.07) is 66.2. The van der Waals surface area contributed by atoms with E-state index in [4.69, 9.17) is 0 Å². The van der Waals surface area contributed by atoms with Crippen molar-refractivity contribution in [3.63, 3.8) is 0 Å². The molecule has 8 aromatic rings. The molecule has 0 saturated carbocycles. The van der Waals surface area contributed by atoms with Crippen molar-refractivity contribution < 1.29 is 0 Å². The van der Waals surface area contributed by atoms with E-state index in [0.717, 1.165) is 19.3 Å². The quantitative estimate of drug-likeness (QED) is 0.140. The maximum absolute atomic E-state index is 2.72. The molecule has 0 spiro atoms. The highest BCUT2D eigenvalue weighted by atomic mass is 15.2. The van der Waals surface area contributed by atoms with Crippen molar-refractivity contribution in [3.8, 4) is 0 Å². The molecule has 2 heterocycles. The lowest BCUT2D eigenvalue weighted by Gasteiger charge is -2.48. The summed E-state index contributed by atoms with van der Waals surface area (Å²) in [6.07, 6.45) is 3.14. The van der Waals surface area contributed by atoms with Crippen LogP contribution in [0.1, 0.15) is 171 Å². The predicted molar refractivity (Wildman–Crippen MR) is 324 cm³/mol. The summed E-state index contributed by atoms with van der Waals surface area (Å²) in [5.74, 6) is 0. The Kier molecular flexibility index (Phi) is 12.0. The Morgan fingerprint density at radius 3 is 1.49 bits per heavy atom. The van der Waals surface area contributed by atoms with E-state index in [0.29, 0.717) is 0 Å². The zero-order valence-corrected chi connectivity index (χ0v) is 47.8. The molecular formula is C72H79BN2. The second-order valence-corrected chi connectivity index (χ2v) is 27.1. The van der Waals surface area contributed by atoms with Gasteiger partial charge in [-0.25, -0.2) is 0 Å². The van der Waals surface area contributed by atoms with E-state index in [1.807, 2.05) is 0 Å². The fourth-order valence-corrected chi connectivity index (χ4v) is 13.0. The first kappa shape index (κ1) is 50.6. The van der Waals surface area contributed by atoms with Gasteiger partial charge in [0.15, 0.2) is 0 Å². The van der Waals surface area contributed by atoms with Gasteiger partial charge in [0.05, 0.1) is 0 Å². The highest BCUT2D eigenvalue weighted by Gasteiger charge is 2.47. The van der Waals surface area contributed by atoms with Crippen molar-refractivity contribution >= 4 is 57.2 Å². The Morgan fingerprint density at radius 1 is 0.413 bits per heavy atom. The third-order valence-corrected chi connectivity index (χ3v) is 18.1. The fraction of sp³-hybridized carbons (Fsp3) is 0.333. The zero-order chi connectivity index (χ0) is 53.2. The van der Waals surface area contributed by atoms with Crippen LogP contribution in [-0.2, 0) is 38.9 Å². The van der Waals surface area contributed by atoms with Crippen LogP contribution in [0.5, 0.6) is 0 Å². The number of fused-ring (bicyclic) bond motifs is 5. The van der Waals surface area contributed by atoms with Gasteiger partial charge in [0.1, 0.15) is 0 Å². The predicted octanol–water partition coefficient (Wildman–Crippen LogP) is 17.3. The van der Waals surface area contributed by atoms with Crippen LogP contribution in [0.3, 0.4) is 0 Å². The first-order chi connectivity index (χ1) is 35.3. The highest BCUT2D eigenvalue weighted by Crippen LogP contribution is 2.52. The smallest absolute Gasteiger partial charge is 0.252 e. The molecule has 0 N–H and O–H groups in total. The van der Waals surface area contributed by atoms with Gasteiger partial charge in [-0.3, -0.25) is 0 Å². The summed E-state index contributed by atoms with van der Waals surface area (Å²) >= 11 is 0. The molecule has 0 radical (unpaired) electrons. The van der Waals surface area contributed by atoms with Gasteiger partial charge in [0.2, 0.25) is 0 Å². The summed E-state index contributed by atoms with van der Waals surface area (Å²) in [6.45, 7) is 35.8. The van der Waals surface area contributed by atoms with Gasteiger partial charge in [-0.2, -0.15) is 0 Å². The molecule has 1 aliphatic carbocycles. The van der Waals surface area contributed by atoms with Crippen molar-refractivity contribution in [2.24, 2.45) is 0 Å². The van der Waals surface area contributed by atoms with E-state index in [1.54, 1.807) is 0 Å². The second-order valence-electron chi connectivity index (χ2n) is 27.1. The first-order valence-electron chi connectivity index (χ1n) is 27.9. The minimum atomic E-state index is -0.235. The molecule has 3 heteroatoms. The molecule has 0 fully saturated rings. The number of aryl methyl sites for hydroxylation is 1. The Balaban J connectivity index is 1.21. The molecule has 0 unspecified atom stereocenters. The van der Waals surface area contributed by atoms with Gasteiger partial charge in [-0.15, -0.1) is 0 Å². The van der Waals surface area contributed by atoms with E-state index in [-0.39, 0.29) is 39.2 Å². The molecule has 8 aromatic carbocycles. The Hall–Kier alpha value is -6.58.